The Kier molecular flexibility index (Phi) is 3.15. The van der Waals surface area contributed by atoms with Gasteiger partial charge in [0, 0.05) is 18.8 Å². The van der Waals surface area contributed by atoms with Gasteiger partial charge >= 0.3 is 0 Å². The van der Waals surface area contributed by atoms with Crippen LogP contribution in [0, 0.1) is 6.92 Å². The summed E-state index contributed by atoms with van der Waals surface area (Å²) >= 11 is 0. The van der Waals surface area contributed by atoms with Crippen LogP contribution < -0.4 is 4.90 Å². The number of nitrogens with zero attached hydrogens (tertiary/aromatic N) is 1. The molecular weight excluding hydrogens is 146 g/mol. The zero-order valence-electron chi connectivity index (χ0n) is 7.88. The van der Waals surface area contributed by atoms with Gasteiger partial charge in [-0.05, 0) is 38.5 Å². The summed E-state index contributed by atoms with van der Waals surface area (Å²) < 4.78 is 0. The molecule has 1 aromatic carbocycles. The summed E-state index contributed by atoms with van der Waals surface area (Å²) in [7, 11) is 0. The molecule has 1 radical (unpaired) electrons. The summed E-state index contributed by atoms with van der Waals surface area (Å²) in [6, 6.07) is 8.34. The van der Waals surface area contributed by atoms with Crippen molar-refractivity contribution >= 4 is 5.69 Å². The average molecular weight is 162 g/mol. The highest BCUT2D eigenvalue weighted by Gasteiger charge is 1.98. The Morgan fingerprint density at radius 2 is 1.58 bits per heavy atom. The summed E-state index contributed by atoms with van der Waals surface area (Å²) in [5, 5.41) is 0. The standard InChI is InChI=1S/C11H16N/c1-4-12(5-2)11-8-6-10(3)7-9-11/h6-9H,3-5H2,1-2H3. The van der Waals surface area contributed by atoms with Crippen LogP contribution in [0.2, 0.25) is 0 Å². The normalized spacial score (nSPS) is 9.92. The first-order valence-corrected chi connectivity index (χ1v) is 4.45. The Hall–Kier alpha value is -0.980. The zero-order valence-corrected chi connectivity index (χ0v) is 7.88. The molecule has 1 heteroatoms. The molecule has 0 spiro atoms. The van der Waals surface area contributed by atoms with Crippen LogP contribution in [-0.4, -0.2) is 13.1 Å². The van der Waals surface area contributed by atoms with Gasteiger partial charge in [-0.3, -0.25) is 0 Å². The van der Waals surface area contributed by atoms with Crippen molar-refractivity contribution in [2.24, 2.45) is 0 Å². The predicted octanol–water partition coefficient (Wildman–Crippen LogP) is 2.71. The van der Waals surface area contributed by atoms with Gasteiger partial charge in [0.05, 0.1) is 0 Å². The third kappa shape index (κ3) is 2.00. The first kappa shape index (κ1) is 9.11. The number of anilines is 1. The van der Waals surface area contributed by atoms with Crippen LogP contribution in [0.25, 0.3) is 0 Å². The maximum Gasteiger partial charge on any atom is 0.0366 e. The van der Waals surface area contributed by atoms with Crippen molar-refractivity contribution in [3.05, 3.63) is 36.8 Å². The molecule has 0 saturated heterocycles. The SMILES string of the molecule is [CH2]c1ccc(N(CC)CC)cc1. The lowest BCUT2D eigenvalue weighted by molar-refractivity contribution is 0.866. The van der Waals surface area contributed by atoms with E-state index in [-0.39, 0.29) is 0 Å². The van der Waals surface area contributed by atoms with Crippen molar-refractivity contribution < 1.29 is 0 Å². The molecule has 0 aliphatic rings. The van der Waals surface area contributed by atoms with Crippen molar-refractivity contribution in [3.63, 3.8) is 0 Å². The fraction of sp³-hybridized carbons (Fsp3) is 0.364. The van der Waals surface area contributed by atoms with Crippen LogP contribution in [-0.2, 0) is 0 Å². The van der Waals surface area contributed by atoms with E-state index in [0.717, 1.165) is 18.7 Å². The lowest BCUT2D eigenvalue weighted by Crippen LogP contribution is -2.21. The van der Waals surface area contributed by atoms with Gasteiger partial charge in [-0.25, -0.2) is 0 Å². The fourth-order valence-electron chi connectivity index (χ4n) is 1.30. The summed E-state index contributed by atoms with van der Waals surface area (Å²) in [5.41, 5.74) is 2.36. The Morgan fingerprint density at radius 1 is 1.08 bits per heavy atom. The molecule has 1 rings (SSSR count). The number of benzene rings is 1. The van der Waals surface area contributed by atoms with Crippen LogP contribution in [0.5, 0.6) is 0 Å². The summed E-state index contributed by atoms with van der Waals surface area (Å²) in [4.78, 5) is 2.32. The largest absolute Gasteiger partial charge is 0.372 e. The Balaban J connectivity index is 2.80. The zero-order chi connectivity index (χ0) is 8.97. The molecule has 1 nitrogen and oxygen atoms in total. The number of hydrogen-bond donors (Lipinski definition) is 0. The molecule has 0 atom stereocenters. The van der Waals surface area contributed by atoms with E-state index >= 15 is 0 Å². The summed E-state index contributed by atoms with van der Waals surface area (Å²) in [5.74, 6) is 0. The molecule has 0 heterocycles. The molecular formula is C11H16N. The smallest absolute Gasteiger partial charge is 0.0366 e. The molecule has 0 saturated carbocycles. The Morgan fingerprint density at radius 3 is 2.00 bits per heavy atom. The van der Waals surface area contributed by atoms with E-state index in [2.05, 4.69) is 37.8 Å². The van der Waals surface area contributed by atoms with Gasteiger partial charge in [-0.2, -0.15) is 0 Å². The lowest BCUT2D eigenvalue weighted by atomic mass is 10.2. The second-order valence-electron chi connectivity index (χ2n) is 2.84. The maximum absolute atomic E-state index is 3.85. The van der Waals surface area contributed by atoms with Crippen LogP contribution >= 0.6 is 0 Å². The molecule has 0 aliphatic heterocycles. The second kappa shape index (κ2) is 4.15. The minimum Gasteiger partial charge on any atom is -0.372 e. The molecule has 65 valence electrons. The molecule has 0 aliphatic carbocycles. The van der Waals surface area contributed by atoms with Crippen LogP contribution in [0.4, 0.5) is 5.69 Å². The van der Waals surface area contributed by atoms with Gasteiger partial charge < -0.3 is 4.90 Å². The van der Waals surface area contributed by atoms with Gasteiger partial charge in [0.1, 0.15) is 0 Å². The first-order chi connectivity index (χ1) is 5.77. The Bertz CT molecular complexity index is 221. The minimum absolute atomic E-state index is 1.06. The van der Waals surface area contributed by atoms with Crippen LogP contribution in [0.3, 0.4) is 0 Å². The van der Waals surface area contributed by atoms with Crippen molar-refractivity contribution in [2.75, 3.05) is 18.0 Å². The molecule has 0 N–H and O–H groups in total. The van der Waals surface area contributed by atoms with Gasteiger partial charge in [-0.15, -0.1) is 0 Å². The van der Waals surface area contributed by atoms with E-state index in [0.29, 0.717) is 0 Å². The molecule has 0 amide bonds. The van der Waals surface area contributed by atoms with Crippen molar-refractivity contribution in [2.45, 2.75) is 13.8 Å². The molecule has 0 aromatic heterocycles. The van der Waals surface area contributed by atoms with Crippen molar-refractivity contribution in [1.82, 2.24) is 0 Å². The third-order valence-electron chi connectivity index (χ3n) is 2.06. The average Bonchev–Trinajstić information content (AvgIpc) is 2.10. The van der Waals surface area contributed by atoms with Gasteiger partial charge in [-0.1, -0.05) is 12.1 Å². The maximum atomic E-state index is 3.85. The fourth-order valence-corrected chi connectivity index (χ4v) is 1.30. The second-order valence-corrected chi connectivity index (χ2v) is 2.84. The van der Waals surface area contributed by atoms with E-state index in [1.54, 1.807) is 0 Å². The molecule has 0 fully saturated rings. The van der Waals surface area contributed by atoms with Gasteiger partial charge in [0.25, 0.3) is 0 Å². The predicted molar refractivity (Wildman–Crippen MR) is 54.5 cm³/mol. The molecule has 0 unspecified atom stereocenters. The quantitative estimate of drug-likeness (QED) is 0.660. The van der Waals surface area contributed by atoms with Crippen LogP contribution in [0.15, 0.2) is 24.3 Å². The highest BCUT2D eigenvalue weighted by molar-refractivity contribution is 5.47. The number of rotatable bonds is 3. The monoisotopic (exact) mass is 162 g/mol. The van der Waals surface area contributed by atoms with Crippen LogP contribution in [0.1, 0.15) is 19.4 Å². The topological polar surface area (TPSA) is 3.24 Å². The van der Waals surface area contributed by atoms with Crippen molar-refractivity contribution in [3.8, 4) is 0 Å². The minimum atomic E-state index is 1.06. The van der Waals surface area contributed by atoms with E-state index in [1.807, 2.05) is 12.1 Å². The molecule has 0 bridgehead atoms. The lowest BCUT2D eigenvalue weighted by Gasteiger charge is -2.20. The van der Waals surface area contributed by atoms with E-state index in [9.17, 15) is 0 Å². The van der Waals surface area contributed by atoms with Crippen molar-refractivity contribution in [1.29, 1.82) is 0 Å². The van der Waals surface area contributed by atoms with E-state index in [4.69, 9.17) is 0 Å². The third-order valence-corrected chi connectivity index (χ3v) is 2.06. The molecule has 1 aromatic rings. The number of hydrogen-bond acceptors (Lipinski definition) is 1. The first-order valence-electron chi connectivity index (χ1n) is 4.45. The van der Waals surface area contributed by atoms with E-state index in [1.165, 1.54) is 5.69 Å². The van der Waals surface area contributed by atoms with E-state index < -0.39 is 0 Å². The summed E-state index contributed by atoms with van der Waals surface area (Å²) in [6.45, 7) is 10.3. The van der Waals surface area contributed by atoms with Gasteiger partial charge in [0.2, 0.25) is 0 Å². The molecule has 12 heavy (non-hydrogen) atoms. The highest BCUT2D eigenvalue weighted by atomic mass is 15.1. The highest BCUT2D eigenvalue weighted by Crippen LogP contribution is 2.13. The van der Waals surface area contributed by atoms with Gasteiger partial charge in [0.15, 0.2) is 0 Å². The summed E-state index contributed by atoms with van der Waals surface area (Å²) in [6.07, 6.45) is 0. The Labute approximate surface area is 75.0 Å².